The Balaban J connectivity index is 1.08. The van der Waals surface area contributed by atoms with Gasteiger partial charge in [0.25, 0.3) is 0 Å². The third-order valence-corrected chi connectivity index (χ3v) is 11.8. The molecule has 3 aliphatic carbocycles. The molecule has 0 radical (unpaired) electrons. The first-order valence-corrected chi connectivity index (χ1v) is 18.1. The van der Waals surface area contributed by atoms with Crippen LogP contribution in [0.15, 0.2) is 162 Å². The van der Waals surface area contributed by atoms with Crippen molar-refractivity contribution in [1.82, 2.24) is 9.97 Å². The van der Waals surface area contributed by atoms with Crippen LogP contribution in [0.3, 0.4) is 0 Å². The molecule has 1 aromatic heterocycles. The number of para-hydroxylation sites is 2. The molecule has 0 saturated heterocycles. The zero-order valence-electron chi connectivity index (χ0n) is 29.3. The van der Waals surface area contributed by atoms with Crippen LogP contribution in [0.4, 0.5) is 11.4 Å². The Hall–Kier alpha value is -6.26. The Bertz CT molecular complexity index is 2710. The molecule has 5 aliphatic rings. The number of fused-ring (bicyclic) bond motifs is 11. The lowest BCUT2D eigenvalue weighted by Gasteiger charge is -2.38. The number of hydrogen-bond donors (Lipinski definition) is 0. The van der Waals surface area contributed by atoms with Crippen LogP contribution in [0.1, 0.15) is 42.0 Å². The van der Waals surface area contributed by atoms with E-state index in [0.717, 1.165) is 44.9 Å². The van der Waals surface area contributed by atoms with E-state index >= 15 is 0 Å². The lowest BCUT2D eigenvalue weighted by atomic mass is 9.66. The molecule has 11 rings (SSSR count). The highest BCUT2D eigenvalue weighted by Crippen LogP contribution is 2.62. The van der Waals surface area contributed by atoms with Gasteiger partial charge in [-0.3, -0.25) is 0 Å². The molecule has 0 spiro atoms. The van der Waals surface area contributed by atoms with Crippen LogP contribution in [0, 0.1) is 5.92 Å². The minimum atomic E-state index is -0.133. The fraction of sp³-hybridized carbons (Fsp3) is 0.125. The maximum Gasteiger partial charge on any atom is 0.160 e. The smallest absolute Gasteiger partial charge is 0.160 e. The lowest BCUT2D eigenvalue weighted by molar-refractivity contribution is 0.414. The fourth-order valence-electron chi connectivity index (χ4n) is 9.55. The maximum absolute atomic E-state index is 5.68. The minimum absolute atomic E-state index is 0.133. The average Bonchev–Trinajstić information content (AvgIpc) is 3.58. The summed E-state index contributed by atoms with van der Waals surface area (Å²) in [7, 11) is 1.75. The highest BCUT2D eigenvalue weighted by Gasteiger charge is 2.49. The van der Waals surface area contributed by atoms with E-state index in [0.29, 0.717) is 0 Å². The molecular weight excluding hydrogens is 635 g/mol. The van der Waals surface area contributed by atoms with Gasteiger partial charge in [0.15, 0.2) is 5.82 Å². The second kappa shape index (κ2) is 10.6. The number of benzene rings is 5. The molecular formula is C48H35N3O. The highest BCUT2D eigenvalue weighted by atomic mass is 16.5. The van der Waals surface area contributed by atoms with E-state index in [-0.39, 0.29) is 17.3 Å². The molecule has 4 nitrogen and oxygen atoms in total. The van der Waals surface area contributed by atoms with Gasteiger partial charge in [0, 0.05) is 45.1 Å². The molecule has 2 atom stereocenters. The monoisotopic (exact) mass is 669 g/mol. The number of nitrogens with zero attached hydrogens (tertiary/aromatic N) is 3. The van der Waals surface area contributed by atoms with Crippen LogP contribution >= 0.6 is 0 Å². The molecule has 0 fully saturated rings. The van der Waals surface area contributed by atoms with Gasteiger partial charge in [0.2, 0.25) is 0 Å². The molecule has 2 aliphatic heterocycles. The molecule has 52 heavy (non-hydrogen) atoms. The van der Waals surface area contributed by atoms with E-state index in [4.69, 9.17) is 14.7 Å². The zero-order valence-corrected chi connectivity index (χ0v) is 29.3. The van der Waals surface area contributed by atoms with Gasteiger partial charge in [-0.15, -0.1) is 0 Å². The van der Waals surface area contributed by atoms with Crippen molar-refractivity contribution in [2.24, 2.45) is 5.92 Å². The van der Waals surface area contributed by atoms with Crippen LogP contribution in [-0.4, -0.2) is 17.1 Å². The lowest BCUT2D eigenvalue weighted by Crippen LogP contribution is -2.29. The number of anilines is 2. The van der Waals surface area contributed by atoms with Crippen molar-refractivity contribution < 1.29 is 4.74 Å². The quantitative estimate of drug-likeness (QED) is 0.188. The predicted octanol–water partition coefficient (Wildman–Crippen LogP) is 11.4. The SMILES string of the molecule is COc1ccc2c(c1)C1=C(C3=CC4=C5C(c6ccccc6N5c5ccc(-c6nc(-c7ccccc7)c7ccccc7n6)cc5C=C4)C3C=C1)C2(C)C. The first kappa shape index (κ1) is 29.5. The Morgan fingerprint density at radius 3 is 2.44 bits per heavy atom. The topological polar surface area (TPSA) is 38.2 Å². The van der Waals surface area contributed by atoms with Crippen LogP contribution < -0.4 is 9.64 Å². The Kier molecular flexibility index (Phi) is 6.02. The second-order valence-corrected chi connectivity index (χ2v) is 14.9. The van der Waals surface area contributed by atoms with Crippen LogP contribution in [0.25, 0.3) is 45.2 Å². The van der Waals surface area contributed by atoms with Crippen molar-refractivity contribution in [2.45, 2.75) is 25.2 Å². The summed E-state index contributed by atoms with van der Waals surface area (Å²) in [5.74, 6) is 2.07. The van der Waals surface area contributed by atoms with Crippen LogP contribution in [0.5, 0.6) is 5.75 Å². The summed E-state index contributed by atoms with van der Waals surface area (Å²) in [6.45, 7) is 4.77. The number of hydrogen-bond acceptors (Lipinski definition) is 4. The number of methoxy groups -OCH3 is 1. The summed E-state index contributed by atoms with van der Waals surface area (Å²) in [4.78, 5) is 12.8. The summed E-state index contributed by atoms with van der Waals surface area (Å²) in [5, 5.41) is 1.05. The van der Waals surface area contributed by atoms with Crippen molar-refractivity contribution in [3.63, 3.8) is 0 Å². The molecule has 0 N–H and O–H groups in total. The van der Waals surface area contributed by atoms with Gasteiger partial charge in [0.1, 0.15) is 5.75 Å². The largest absolute Gasteiger partial charge is 0.497 e. The van der Waals surface area contributed by atoms with Crippen molar-refractivity contribution in [1.29, 1.82) is 0 Å². The summed E-state index contributed by atoms with van der Waals surface area (Å²) < 4.78 is 5.68. The maximum atomic E-state index is 5.68. The third-order valence-electron chi connectivity index (χ3n) is 11.8. The summed E-state index contributed by atoms with van der Waals surface area (Å²) in [5.41, 5.74) is 18.3. The summed E-state index contributed by atoms with van der Waals surface area (Å²) >= 11 is 0. The Morgan fingerprint density at radius 2 is 1.56 bits per heavy atom. The van der Waals surface area contributed by atoms with Gasteiger partial charge in [-0.05, 0) is 93.1 Å². The number of ether oxygens (including phenoxy) is 1. The first-order chi connectivity index (χ1) is 25.5. The Morgan fingerprint density at radius 1 is 0.731 bits per heavy atom. The second-order valence-electron chi connectivity index (χ2n) is 14.9. The van der Waals surface area contributed by atoms with Gasteiger partial charge in [-0.1, -0.05) is 111 Å². The minimum Gasteiger partial charge on any atom is -0.497 e. The summed E-state index contributed by atoms with van der Waals surface area (Å²) in [6, 6.07) is 41.0. The molecule has 0 saturated carbocycles. The van der Waals surface area contributed by atoms with Crippen molar-refractivity contribution in [2.75, 3.05) is 12.0 Å². The molecule has 6 aromatic rings. The molecule has 3 heterocycles. The van der Waals surface area contributed by atoms with Crippen LogP contribution in [0.2, 0.25) is 0 Å². The number of rotatable bonds is 3. The van der Waals surface area contributed by atoms with Gasteiger partial charge >= 0.3 is 0 Å². The van der Waals surface area contributed by atoms with Gasteiger partial charge < -0.3 is 9.64 Å². The first-order valence-electron chi connectivity index (χ1n) is 18.1. The van der Waals surface area contributed by atoms with Crippen molar-refractivity contribution in [3.05, 3.63) is 184 Å². The van der Waals surface area contributed by atoms with Crippen LogP contribution in [-0.2, 0) is 5.41 Å². The normalized spacial score (nSPS) is 19.8. The predicted molar refractivity (Wildman–Crippen MR) is 211 cm³/mol. The summed E-state index contributed by atoms with van der Waals surface area (Å²) in [6.07, 6.45) is 12.0. The van der Waals surface area contributed by atoms with E-state index in [1.807, 2.05) is 12.1 Å². The Labute approximate surface area is 303 Å². The fourth-order valence-corrected chi connectivity index (χ4v) is 9.55. The van der Waals surface area contributed by atoms with Crippen molar-refractivity contribution >= 4 is 33.9 Å². The van der Waals surface area contributed by atoms with E-state index in [2.05, 4.69) is 152 Å². The molecule has 248 valence electrons. The molecule has 2 unspecified atom stereocenters. The van der Waals surface area contributed by atoms with E-state index in [1.54, 1.807) is 7.11 Å². The van der Waals surface area contributed by atoms with E-state index < -0.39 is 0 Å². The molecule has 4 heteroatoms. The van der Waals surface area contributed by atoms with Gasteiger partial charge in [-0.2, -0.15) is 0 Å². The molecule has 5 aromatic carbocycles. The molecule has 0 bridgehead atoms. The number of allylic oxidation sites excluding steroid dienone is 9. The third kappa shape index (κ3) is 3.98. The van der Waals surface area contributed by atoms with E-state index in [9.17, 15) is 0 Å². The van der Waals surface area contributed by atoms with Crippen molar-refractivity contribution in [3.8, 4) is 28.4 Å². The zero-order chi connectivity index (χ0) is 34.7. The highest BCUT2D eigenvalue weighted by molar-refractivity contribution is 5.96. The van der Waals surface area contributed by atoms with E-state index in [1.165, 1.54) is 56.1 Å². The standard InChI is InChI=1S/C48H35N3O/c1-48(2)39-23-20-32(52-3)27-37(39)34-22-21-33-38(44(34)48)26-30-18-17-29-25-31(19-24-41(29)51-42-16-10-8-14-36(42)43(33)46(30)51)47-49-40-15-9-7-13-35(40)45(50-47)28-11-5-4-6-12-28/h4-27,33,43H,1-3H3. The number of aromatic nitrogens is 2. The van der Waals surface area contributed by atoms with Gasteiger partial charge in [0.05, 0.1) is 24.0 Å². The molecule has 0 amide bonds. The average molecular weight is 670 g/mol. The van der Waals surface area contributed by atoms with Gasteiger partial charge in [-0.25, -0.2) is 9.97 Å².